The minimum absolute atomic E-state index is 0.0129. The SMILES string of the molecule is Cc1cc(=O)oc2cc(NC(=O)CCC(=O)N3CCN(S(=O)(=O)c4ccccc4)CC3)ccc12. The third kappa shape index (κ3) is 5.18. The number of carbonyl (C=O) groups excluding carboxylic acids is 2. The quantitative estimate of drug-likeness (QED) is 0.538. The summed E-state index contributed by atoms with van der Waals surface area (Å²) in [6.45, 7) is 2.76. The lowest BCUT2D eigenvalue weighted by Gasteiger charge is -2.34. The highest BCUT2D eigenvalue weighted by molar-refractivity contribution is 7.89. The second-order valence-corrected chi connectivity index (χ2v) is 10.0. The maximum absolute atomic E-state index is 12.7. The summed E-state index contributed by atoms with van der Waals surface area (Å²) in [5, 5.41) is 3.50. The second kappa shape index (κ2) is 9.78. The van der Waals surface area contributed by atoms with Crippen LogP contribution in [0.3, 0.4) is 0 Å². The molecule has 1 fully saturated rings. The molecule has 1 aliphatic heterocycles. The fourth-order valence-electron chi connectivity index (χ4n) is 3.92. The average Bonchev–Trinajstić information content (AvgIpc) is 2.83. The van der Waals surface area contributed by atoms with Crippen molar-refractivity contribution in [2.24, 2.45) is 0 Å². The monoisotopic (exact) mass is 483 g/mol. The molecule has 2 aromatic carbocycles. The van der Waals surface area contributed by atoms with Gasteiger partial charge in [-0.25, -0.2) is 13.2 Å². The van der Waals surface area contributed by atoms with Crippen LogP contribution in [0.25, 0.3) is 11.0 Å². The largest absolute Gasteiger partial charge is 0.423 e. The molecule has 0 unspecified atom stereocenters. The molecule has 34 heavy (non-hydrogen) atoms. The highest BCUT2D eigenvalue weighted by Crippen LogP contribution is 2.21. The van der Waals surface area contributed by atoms with Crippen LogP contribution in [-0.2, 0) is 19.6 Å². The van der Waals surface area contributed by atoms with Gasteiger partial charge in [-0.05, 0) is 36.8 Å². The van der Waals surface area contributed by atoms with Crippen molar-refractivity contribution in [1.82, 2.24) is 9.21 Å². The van der Waals surface area contributed by atoms with Crippen molar-refractivity contribution in [1.29, 1.82) is 0 Å². The zero-order valence-corrected chi connectivity index (χ0v) is 19.5. The number of sulfonamides is 1. The third-order valence-corrected chi connectivity index (χ3v) is 7.69. The van der Waals surface area contributed by atoms with E-state index in [0.717, 1.165) is 10.9 Å². The van der Waals surface area contributed by atoms with Gasteiger partial charge >= 0.3 is 5.63 Å². The Morgan fingerprint density at radius 3 is 2.38 bits per heavy atom. The molecule has 2 amide bonds. The van der Waals surface area contributed by atoms with Crippen LogP contribution < -0.4 is 10.9 Å². The molecule has 4 rings (SSSR count). The fraction of sp³-hybridized carbons (Fsp3) is 0.292. The van der Waals surface area contributed by atoms with Crippen molar-refractivity contribution < 1.29 is 22.4 Å². The number of piperazine rings is 1. The van der Waals surface area contributed by atoms with Crippen LogP contribution in [0.4, 0.5) is 5.69 Å². The second-order valence-electron chi connectivity index (χ2n) is 8.11. The van der Waals surface area contributed by atoms with Gasteiger partial charge in [0.1, 0.15) is 5.58 Å². The van der Waals surface area contributed by atoms with Crippen molar-refractivity contribution in [2.75, 3.05) is 31.5 Å². The number of amides is 2. The lowest BCUT2D eigenvalue weighted by atomic mass is 10.1. The lowest BCUT2D eigenvalue weighted by Crippen LogP contribution is -2.50. The van der Waals surface area contributed by atoms with E-state index in [1.807, 2.05) is 0 Å². The number of benzene rings is 2. The number of nitrogens with zero attached hydrogens (tertiary/aromatic N) is 2. The molecule has 0 radical (unpaired) electrons. The highest BCUT2D eigenvalue weighted by Gasteiger charge is 2.30. The molecule has 1 saturated heterocycles. The highest BCUT2D eigenvalue weighted by atomic mass is 32.2. The van der Waals surface area contributed by atoms with E-state index in [4.69, 9.17) is 4.42 Å². The summed E-state index contributed by atoms with van der Waals surface area (Å²) in [7, 11) is -3.59. The van der Waals surface area contributed by atoms with Gasteiger partial charge in [0, 0.05) is 62.2 Å². The van der Waals surface area contributed by atoms with Gasteiger partial charge in [0.05, 0.1) is 4.90 Å². The number of hydrogen-bond acceptors (Lipinski definition) is 6. The molecule has 1 aliphatic rings. The predicted octanol–water partition coefficient (Wildman–Crippen LogP) is 2.35. The van der Waals surface area contributed by atoms with Gasteiger partial charge in [-0.1, -0.05) is 18.2 Å². The normalized spacial score (nSPS) is 14.8. The minimum Gasteiger partial charge on any atom is -0.423 e. The van der Waals surface area contributed by atoms with E-state index in [9.17, 15) is 22.8 Å². The van der Waals surface area contributed by atoms with Crippen molar-refractivity contribution >= 4 is 38.5 Å². The van der Waals surface area contributed by atoms with E-state index in [1.54, 1.807) is 60.4 Å². The fourth-order valence-corrected chi connectivity index (χ4v) is 5.37. The first-order valence-electron chi connectivity index (χ1n) is 10.9. The van der Waals surface area contributed by atoms with Gasteiger partial charge in [-0.2, -0.15) is 4.31 Å². The number of aryl methyl sites for hydroxylation is 1. The van der Waals surface area contributed by atoms with Crippen molar-refractivity contribution in [3.8, 4) is 0 Å². The lowest BCUT2D eigenvalue weighted by molar-refractivity contribution is -0.133. The molecule has 1 aromatic heterocycles. The van der Waals surface area contributed by atoms with Gasteiger partial charge in [0.15, 0.2) is 0 Å². The first-order valence-corrected chi connectivity index (χ1v) is 12.4. The Morgan fingerprint density at radius 1 is 0.971 bits per heavy atom. The van der Waals surface area contributed by atoms with Crippen LogP contribution in [-0.4, -0.2) is 55.6 Å². The van der Waals surface area contributed by atoms with Crippen molar-refractivity contribution in [3.05, 3.63) is 70.6 Å². The molecule has 1 N–H and O–H groups in total. The maximum atomic E-state index is 12.7. The molecule has 9 nitrogen and oxygen atoms in total. The summed E-state index contributed by atoms with van der Waals surface area (Å²) in [5.74, 6) is -0.542. The van der Waals surface area contributed by atoms with Gasteiger partial charge < -0.3 is 14.6 Å². The summed E-state index contributed by atoms with van der Waals surface area (Å²) in [5.41, 5.74) is 1.17. The summed E-state index contributed by atoms with van der Waals surface area (Å²) in [4.78, 5) is 38.3. The number of nitrogens with one attached hydrogen (secondary N) is 1. The Bertz CT molecular complexity index is 1380. The van der Waals surface area contributed by atoms with E-state index in [1.165, 1.54) is 10.4 Å². The standard InChI is InChI=1S/C24H25N3O6S/c1-17-15-24(30)33-21-16-18(7-8-20(17)21)25-22(28)9-10-23(29)26-11-13-27(14-12-26)34(31,32)19-5-3-2-4-6-19/h2-8,15-16H,9-14H2,1H3,(H,25,28). The Labute approximate surface area is 197 Å². The zero-order chi connectivity index (χ0) is 24.3. The molecule has 0 aliphatic carbocycles. The van der Waals surface area contributed by atoms with Gasteiger partial charge in [0.25, 0.3) is 0 Å². The van der Waals surface area contributed by atoms with Crippen LogP contribution in [0.15, 0.2) is 68.7 Å². The van der Waals surface area contributed by atoms with Crippen molar-refractivity contribution in [2.45, 2.75) is 24.7 Å². The smallest absolute Gasteiger partial charge is 0.336 e. The topological polar surface area (TPSA) is 117 Å². The molecular weight excluding hydrogens is 458 g/mol. The van der Waals surface area contributed by atoms with Crippen LogP contribution >= 0.6 is 0 Å². The Morgan fingerprint density at radius 2 is 1.68 bits per heavy atom. The van der Waals surface area contributed by atoms with Gasteiger partial charge in [0.2, 0.25) is 21.8 Å². The summed E-state index contributed by atoms with van der Waals surface area (Å²) in [6, 6.07) is 14.7. The maximum Gasteiger partial charge on any atom is 0.336 e. The molecule has 0 spiro atoms. The molecule has 3 aromatic rings. The molecule has 10 heteroatoms. The number of rotatable bonds is 6. The van der Waals surface area contributed by atoms with Crippen LogP contribution in [0, 0.1) is 6.92 Å². The van der Waals surface area contributed by atoms with Crippen LogP contribution in [0.1, 0.15) is 18.4 Å². The van der Waals surface area contributed by atoms with E-state index in [0.29, 0.717) is 11.3 Å². The summed E-state index contributed by atoms with van der Waals surface area (Å²) >= 11 is 0. The minimum atomic E-state index is -3.59. The van der Waals surface area contributed by atoms with E-state index in [2.05, 4.69) is 5.32 Å². The first kappa shape index (κ1) is 23.7. The molecule has 178 valence electrons. The number of fused-ring (bicyclic) bond motifs is 1. The molecule has 2 heterocycles. The van der Waals surface area contributed by atoms with E-state index in [-0.39, 0.29) is 55.7 Å². The zero-order valence-electron chi connectivity index (χ0n) is 18.7. The summed E-state index contributed by atoms with van der Waals surface area (Å²) < 4.78 is 32.0. The van der Waals surface area contributed by atoms with Crippen LogP contribution in [0.2, 0.25) is 0 Å². The van der Waals surface area contributed by atoms with Crippen LogP contribution in [0.5, 0.6) is 0 Å². The Hall–Kier alpha value is -3.50. The molecular formula is C24H25N3O6S. The predicted molar refractivity (Wildman–Crippen MR) is 127 cm³/mol. The van der Waals surface area contributed by atoms with Gasteiger partial charge in [-0.15, -0.1) is 0 Å². The number of carbonyl (C=O) groups is 2. The Balaban J connectivity index is 1.28. The molecule has 0 bridgehead atoms. The molecule has 0 saturated carbocycles. The van der Waals surface area contributed by atoms with Crippen molar-refractivity contribution in [3.63, 3.8) is 0 Å². The third-order valence-electron chi connectivity index (χ3n) is 5.77. The molecule has 0 atom stereocenters. The first-order chi connectivity index (χ1) is 16.2. The number of hydrogen-bond donors (Lipinski definition) is 1. The summed E-state index contributed by atoms with van der Waals surface area (Å²) in [6.07, 6.45) is -0.00376. The van der Waals surface area contributed by atoms with E-state index >= 15 is 0 Å². The average molecular weight is 484 g/mol. The Kier molecular flexibility index (Phi) is 6.80. The van der Waals surface area contributed by atoms with Gasteiger partial charge in [-0.3, -0.25) is 9.59 Å². The number of anilines is 1. The van der Waals surface area contributed by atoms with E-state index < -0.39 is 15.6 Å².